The fraction of sp³-hybridized carbons (Fsp3) is 0.214. The van der Waals surface area contributed by atoms with Gasteiger partial charge in [0.25, 0.3) is 0 Å². The zero-order valence-electron chi connectivity index (χ0n) is 12.0. The summed E-state index contributed by atoms with van der Waals surface area (Å²) in [7, 11) is 3.49. The van der Waals surface area contributed by atoms with Crippen LogP contribution < -0.4 is 10.1 Å². The van der Waals surface area contributed by atoms with Crippen LogP contribution in [0.1, 0.15) is 5.82 Å². The van der Waals surface area contributed by atoms with E-state index < -0.39 is 0 Å². The third kappa shape index (κ3) is 2.92. The normalized spacial score (nSPS) is 10.8. The summed E-state index contributed by atoms with van der Waals surface area (Å²) in [4.78, 5) is 16.5. The zero-order valence-corrected chi connectivity index (χ0v) is 12.8. The molecule has 0 spiro atoms. The average Bonchev–Trinajstić information content (AvgIpc) is 2.87. The van der Waals surface area contributed by atoms with Gasteiger partial charge in [0.1, 0.15) is 22.4 Å². The van der Waals surface area contributed by atoms with E-state index in [1.165, 1.54) is 11.8 Å². The highest BCUT2D eigenvalue weighted by atomic mass is 32.2. The summed E-state index contributed by atoms with van der Waals surface area (Å²) in [5, 5.41) is 4.66. The predicted octanol–water partition coefficient (Wildman–Crippen LogP) is 2.86. The van der Waals surface area contributed by atoms with Crippen LogP contribution >= 0.6 is 11.8 Å². The van der Waals surface area contributed by atoms with Crippen LogP contribution in [0.25, 0.3) is 11.0 Å². The molecule has 0 saturated carbocycles. The Balaban J connectivity index is 1.92. The van der Waals surface area contributed by atoms with E-state index >= 15 is 0 Å². The number of aromatic nitrogens is 4. The van der Waals surface area contributed by atoms with Gasteiger partial charge in [-0.05, 0) is 30.8 Å². The van der Waals surface area contributed by atoms with Crippen molar-refractivity contribution in [3.63, 3.8) is 0 Å². The maximum absolute atomic E-state index is 5.21. The van der Waals surface area contributed by atoms with Crippen LogP contribution in [0.15, 0.2) is 34.4 Å². The zero-order chi connectivity index (χ0) is 14.8. The number of imidazole rings is 1. The standard InChI is InChI=1S/C14H15N5OS/c1-8-16-12(15-2)7-13(17-8)21-14-18-10-5-4-9(20-3)6-11(10)19-14/h4-7H,1-3H3,(H,18,19)(H,15,16,17). The molecule has 0 aliphatic heterocycles. The minimum absolute atomic E-state index is 0.724. The van der Waals surface area contributed by atoms with Crippen molar-refractivity contribution in [3.05, 3.63) is 30.1 Å². The second-order valence-electron chi connectivity index (χ2n) is 4.42. The van der Waals surface area contributed by atoms with Gasteiger partial charge in [0.2, 0.25) is 0 Å². The third-order valence-electron chi connectivity index (χ3n) is 2.94. The minimum atomic E-state index is 0.724. The third-order valence-corrected chi connectivity index (χ3v) is 3.74. The number of rotatable bonds is 4. The molecular formula is C14H15N5OS. The molecule has 0 atom stereocenters. The first-order chi connectivity index (χ1) is 10.2. The highest BCUT2D eigenvalue weighted by Crippen LogP contribution is 2.28. The Labute approximate surface area is 126 Å². The maximum atomic E-state index is 5.21. The first-order valence-corrected chi connectivity index (χ1v) is 7.24. The van der Waals surface area contributed by atoms with Crippen LogP contribution in [-0.4, -0.2) is 34.1 Å². The fourth-order valence-electron chi connectivity index (χ4n) is 1.96. The first-order valence-electron chi connectivity index (χ1n) is 6.43. The van der Waals surface area contributed by atoms with Gasteiger partial charge >= 0.3 is 0 Å². The molecule has 2 aromatic heterocycles. The molecule has 2 heterocycles. The lowest BCUT2D eigenvalue weighted by molar-refractivity contribution is 0.415. The summed E-state index contributed by atoms with van der Waals surface area (Å²) in [6.45, 7) is 1.87. The first kappa shape index (κ1) is 13.7. The molecule has 0 radical (unpaired) electrons. The molecule has 0 saturated heterocycles. The van der Waals surface area contributed by atoms with Crippen molar-refractivity contribution in [1.82, 2.24) is 19.9 Å². The Morgan fingerprint density at radius 3 is 2.81 bits per heavy atom. The number of methoxy groups -OCH3 is 1. The number of hydrogen-bond donors (Lipinski definition) is 2. The van der Waals surface area contributed by atoms with Crippen LogP contribution in [0.4, 0.5) is 5.82 Å². The SMILES string of the molecule is CNc1cc(Sc2nc3ccc(OC)cc3[nH]2)nc(C)n1. The monoisotopic (exact) mass is 301 g/mol. The lowest BCUT2D eigenvalue weighted by Gasteiger charge is -2.03. The number of anilines is 1. The Hall–Kier alpha value is -2.28. The molecule has 0 aliphatic carbocycles. The summed E-state index contributed by atoms with van der Waals surface area (Å²) >= 11 is 1.47. The van der Waals surface area contributed by atoms with Crippen molar-refractivity contribution in [2.24, 2.45) is 0 Å². The molecule has 1 aromatic carbocycles. The van der Waals surface area contributed by atoms with E-state index in [0.717, 1.165) is 38.6 Å². The minimum Gasteiger partial charge on any atom is -0.497 e. The molecule has 3 rings (SSSR count). The van der Waals surface area contributed by atoms with Crippen molar-refractivity contribution in [3.8, 4) is 5.75 Å². The van der Waals surface area contributed by atoms with Gasteiger partial charge in [0.05, 0.1) is 18.1 Å². The van der Waals surface area contributed by atoms with Crippen LogP contribution in [0, 0.1) is 6.92 Å². The Kier molecular flexibility index (Phi) is 3.66. The Morgan fingerprint density at radius 2 is 2.05 bits per heavy atom. The Bertz CT molecular complexity index is 786. The lowest BCUT2D eigenvalue weighted by atomic mass is 10.3. The number of nitrogens with zero attached hydrogens (tertiary/aromatic N) is 3. The molecule has 21 heavy (non-hydrogen) atoms. The van der Waals surface area contributed by atoms with Gasteiger partial charge in [-0.15, -0.1) is 0 Å². The molecule has 3 aromatic rings. The summed E-state index contributed by atoms with van der Waals surface area (Å²) in [6, 6.07) is 7.65. The van der Waals surface area contributed by atoms with Gasteiger partial charge in [-0.1, -0.05) is 0 Å². The van der Waals surface area contributed by atoms with E-state index in [0.29, 0.717) is 0 Å². The van der Waals surface area contributed by atoms with E-state index in [1.807, 2.05) is 38.2 Å². The highest BCUT2D eigenvalue weighted by Gasteiger charge is 2.08. The van der Waals surface area contributed by atoms with Crippen LogP contribution in [-0.2, 0) is 0 Å². The second-order valence-corrected chi connectivity index (χ2v) is 5.42. The van der Waals surface area contributed by atoms with Crippen molar-refractivity contribution >= 4 is 28.6 Å². The van der Waals surface area contributed by atoms with Gasteiger partial charge in [0, 0.05) is 19.2 Å². The molecular weight excluding hydrogens is 286 g/mol. The number of aryl methyl sites for hydroxylation is 1. The Morgan fingerprint density at radius 1 is 1.19 bits per heavy atom. The smallest absolute Gasteiger partial charge is 0.172 e. The van der Waals surface area contributed by atoms with Gasteiger partial charge in [-0.3, -0.25) is 0 Å². The number of H-pyrrole nitrogens is 1. The van der Waals surface area contributed by atoms with Gasteiger partial charge in [-0.25, -0.2) is 15.0 Å². The molecule has 6 nitrogen and oxygen atoms in total. The highest BCUT2D eigenvalue weighted by molar-refractivity contribution is 7.99. The molecule has 0 fully saturated rings. The molecule has 0 unspecified atom stereocenters. The second kappa shape index (κ2) is 5.61. The van der Waals surface area contributed by atoms with Crippen molar-refractivity contribution in [2.45, 2.75) is 17.1 Å². The van der Waals surface area contributed by atoms with Crippen LogP contribution in [0.5, 0.6) is 5.75 Å². The summed E-state index contributed by atoms with van der Waals surface area (Å²) in [5.41, 5.74) is 1.84. The van der Waals surface area contributed by atoms with Gasteiger partial charge < -0.3 is 15.0 Å². The van der Waals surface area contributed by atoms with Gasteiger partial charge in [-0.2, -0.15) is 0 Å². The molecule has 2 N–H and O–H groups in total. The van der Waals surface area contributed by atoms with Crippen molar-refractivity contribution in [2.75, 3.05) is 19.5 Å². The number of aromatic amines is 1. The predicted molar refractivity (Wildman–Crippen MR) is 83.1 cm³/mol. The maximum Gasteiger partial charge on any atom is 0.172 e. The average molecular weight is 301 g/mol. The number of benzene rings is 1. The van der Waals surface area contributed by atoms with Gasteiger partial charge in [0.15, 0.2) is 5.16 Å². The molecule has 0 amide bonds. The quantitative estimate of drug-likeness (QED) is 0.722. The summed E-state index contributed by atoms with van der Waals surface area (Å²) < 4.78 is 5.21. The molecule has 108 valence electrons. The summed E-state index contributed by atoms with van der Waals surface area (Å²) in [5.74, 6) is 2.32. The summed E-state index contributed by atoms with van der Waals surface area (Å²) in [6.07, 6.45) is 0. The number of ether oxygens (including phenoxy) is 1. The molecule has 0 aliphatic rings. The van der Waals surface area contributed by atoms with Crippen LogP contribution in [0.3, 0.4) is 0 Å². The van der Waals surface area contributed by atoms with E-state index in [1.54, 1.807) is 7.11 Å². The largest absolute Gasteiger partial charge is 0.497 e. The molecule has 0 bridgehead atoms. The number of nitrogens with one attached hydrogen (secondary N) is 2. The van der Waals surface area contributed by atoms with Crippen molar-refractivity contribution in [1.29, 1.82) is 0 Å². The number of fused-ring (bicyclic) bond motifs is 1. The van der Waals surface area contributed by atoms with Crippen LogP contribution in [0.2, 0.25) is 0 Å². The number of hydrogen-bond acceptors (Lipinski definition) is 6. The van der Waals surface area contributed by atoms with Crippen molar-refractivity contribution < 1.29 is 4.74 Å². The van der Waals surface area contributed by atoms with E-state index in [2.05, 4.69) is 25.3 Å². The lowest BCUT2D eigenvalue weighted by Crippen LogP contribution is -1.97. The van der Waals surface area contributed by atoms with E-state index in [9.17, 15) is 0 Å². The van der Waals surface area contributed by atoms with E-state index in [4.69, 9.17) is 4.74 Å². The topological polar surface area (TPSA) is 75.7 Å². The fourth-order valence-corrected chi connectivity index (χ4v) is 2.81. The van der Waals surface area contributed by atoms with E-state index in [-0.39, 0.29) is 0 Å². The molecule has 7 heteroatoms.